The van der Waals surface area contributed by atoms with Crippen molar-refractivity contribution in [1.29, 1.82) is 0 Å². The smallest absolute Gasteiger partial charge is 0.164 e. The molecule has 0 amide bonds. The zero-order chi connectivity index (χ0) is 26.0. The van der Waals surface area contributed by atoms with E-state index in [0.29, 0.717) is 0 Å². The van der Waals surface area contributed by atoms with Crippen LogP contribution in [-0.4, -0.2) is 18.3 Å². The second-order valence-corrected chi connectivity index (χ2v) is 9.00. The van der Waals surface area contributed by atoms with Gasteiger partial charge in [0.2, 0.25) is 0 Å². The van der Waals surface area contributed by atoms with Crippen LogP contribution in [0.3, 0.4) is 0 Å². The van der Waals surface area contributed by atoms with Gasteiger partial charge in [-0.2, -0.15) is 0 Å². The van der Waals surface area contributed by atoms with E-state index in [1.54, 1.807) is 31.0 Å². The first-order chi connectivity index (χ1) is 16.3. The van der Waals surface area contributed by atoms with Crippen LogP contribution in [-0.2, 0) is 0 Å². The molecule has 0 spiro atoms. The lowest BCUT2D eigenvalue weighted by Gasteiger charge is -2.46. The van der Waals surface area contributed by atoms with Gasteiger partial charge in [0, 0.05) is 35.8 Å². The highest BCUT2D eigenvalue weighted by molar-refractivity contribution is 8.16. The van der Waals surface area contributed by atoms with Gasteiger partial charge in [0.1, 0.15) is 0 Å². The molecule has 0 aromatic heterocycles. The number of thioether (sulfide) groups is 1. The Bertz CT molecular complexity index is 879. The Balaban J connectivity index is 0.00000529. The van der Waals surface area contributed by atoms with Crippen LogP contribution in [0.25, 0.3) is 0 Å². The highest BCUT2D eigenvalue weighted by Gasteiger charge is 2.41. The van der Waals surface area contributed by atoms with Crippen molar-refractivity contribution in [3.63, 3.8) is 0 Å². The summed E-state index contributed by atoms with van der Waals surface area (Å²) in [5, 5.41) is 9.92. The summed E-state index contributed by atoms with van der Waals surface area (Å²) in [6.45, 7) is 24.8. The first kappa shape index (κ1) is 31.3. The first-order valence-electron chi connectivity index (χ1n) is 12.0. The van der Waals surface area contributed by atoms with E-state index in [1.807, 2.05) is 39.0 Å². The maximum atomic E-state index is 4.41. The van der Waals surface area contributed by atoms with Crippen LogP contribution in [0.5, 0.6) is 0 Å². The summed E-state index contributed by atoms with van der Waals surface area (Å²) in [4.78, 5) is 4.41. The van der Waals surface area contributed by atoms with Gasteiger partial charge in [-0.05, 0) is 51.2 Å². The molecule has 1 rings (SSSR count). The fraction of sp³-hybridized carbons (Fsp3) is 0.400. The minimum Gasteiger partial charge on any atom is -0.385 e. The van der Waals surface area contributed by atoms with Crippen molar-refractivity contribution >= 4 is 16.9 Å². The molecule has 186 valence electrons. The normalized spacial score (nSPS) is 23.2. The highest BCUT2D eigenvalue weighted by atomic mass is 32.2. The molecule has 0 aliphatic carbocycles. The number of rotatable bonds is 9. The van der Waals surface area contributed by atoms with Gasteiger partial charge in [-0.25, -0.2) is 0 Å². The molecule has 0 radical (unpaired) electrons. The molecule has 0 saturated carbocycles. The van der Waals surface area contributed by atoms with Crippen LogP contribution in [0.4, 0.5) is 0 Å². The highest BCUT2D eigenvalue weighted by Crippen LogP contribution is 2.42. The van der Waals surface area contributed by atoms with Crippen molar-refractivity contribution in [2.24, 2.45) is 16.3 Å². The molecular formula is C30H45N3S. The summed E-state index contributed by atoms with van der Waals surface area (Å²) in [5.74, 6) is 0.255. The largest absolute Gasteiger partial charge is 0.385 e. The molecule has 1 heterocycles. The van der Waals surface area contributed by atoms with E-state index in [0.717, 1.165) is 29.4 Å². The zero-order valence-electron chi connectivity index (χ0n) is 22.3. The quantitative estimate of drug-likeness (QED) is 0.151. The minimum atomic E-state index is -0.142. The average molecular weight is 480 g/mol. The molecule has 0 bridgehead atoms. The molecule has 1 fully saturated rings. The molecule has 1 saturated heterocycles. The van der Waals surface area contributed by atoms with Gasteiger partial charge in [0.25, 0.3) is 0 Å². The fourth-order valence-corrected chi connectivity index (χ4v) is 3.93. The Kier molecular flexibility index (Phi) is 16.4. The van der Waals surface area contributed by atoms with Crippen LogP contribution < -0.4 is 10.6 Å². The standard InChI is InChI=1S/C28H39N3S.C2H6/c1-9-11-13-15-17-22(3)18-16-20-32-27(29-8)31-25(6)28(7)21-26(19-14-12-10-2)23(4)30-24(28)5;1-2/h9-12,14-17,19-20,24,26,30H,1,4,6,18,21H2,2-3,5,7-8H3,(H,29,31);1-2H3/b12-10-,19-14-,20-16+,22-17+;. The summed E-state index contributed by atoms with van der Waals surface area (Å²) in [6, 6.07) is 0.219. The summed E-state index contributed by atoms with van der Waals surface area (Å²) in [5.41, 5.74) is 6.17. The lowest BCUT2D eigenvalue weighted by atomic mass is 9.69. The van der Waals surface area contributed by atoms with Gasteiger partial charge < -0.3 is 10.6 Å². The predicted molar refractivity (Wildman–Crippen MR) is 157 cm³/mol. The number of aliphatic imine (C=N–C) groups is 1. The third kappa shape index (κ3) is 11.0. The Morgan fingerprint density at radius 2 is 2.03 bits per heavy atom. The second-order valence-electron chi connectivity index (χ2n) is 8.10. The molecule has 1 aliphatic rings. The molecule has 2 N–H and O–H groups in total. The topological polar surface area (TPSA) is 36.4 Å². The van der Waals surface area contributed by atoms with Gasteiger partial charge in [-0.15, -0.1) is 5.73 Å². The van der Waals surface area contributed by atoms with Gasteiger partial charge >= 0.3 is 0 Å². The maximum Gasteiger partial charge on any atom is 0.164 e. The number of hydrogen-bond acceptors (Lipinski definition) is 3. The SMILES string of the molecule is C=CC=C=C/C=C(\C)C/C=C/SC(=NC)NC(=C)C1(C)CC(/C=C\C=C/C)C(=C)NC1C.CC. The lowest BCUT2D eigenvalue weighted by molar-refractivity contribution is 0.206. The van der Waals surface area contributed by atoms with E-state index in [4.69, 9.17) is 0 Å². The Hall–Kier alpha value is -2.68. The third-order valence-electron chi connectivity index (χ3n) is 5.64. The minimum absolute atomic E-state index is 0.142. The van der Waals surface area contributed by atoms with Gasteiger partial charge in [-0.3, -0.25) is 4.99 Å². The van der Waals surface area contributed by atoms with Gasteiger partial charge in [-0.1, -0.05) is 100 Å². The molecular weight excluding hydrogens is 434 g/mol. The van der Waals surface area contributed by atoms with Crippen LogP contribution in [0.2, 0.25) is 0 Å². The fourth-order valence-electron chi connectivity index (χ4n) is 3.32. The number of piperidine rings is 1. The van der Waals surface area contributed by atoms with Crippen molar-refractivity contribution in [3.8, 4) is 0 Å². The number of nitrogens with zero attached hydrogens (tertiary/aromatic N) is 1. The lowest BCUT2D eigenvalue weighted by Crippen LogP contribution is -2.51. The van der Waals surface area contributed by atoms with E-state index < -0.39 is 0 Å². The predicted octanol–water partition coefficient (Wildman–Crippen LogP) is 8.23. The average Bonchev–Trinajstić information content (AvgIpc) is 2.83. The number of hydrogen-bond donors (Lipinski definition) is 2. The van der Waals surface area contributed by atoms with E-state index >= 15 is 0 Å². The zero-order valence-corrected chi connectivity index (χ0v) is 23.1. The van der Waals surface area contributed by atoms with Crippen LogP contribution in [0.15, 0.2) is 108 Å². The Labute approximate surface area is 213 Å². The Morgan fingerprint density at radius 1 is 1.32 bits per heavy atom. The maximum absolute atomic E-state index is 4.41. The molecule has 0 aromatic rings. The van der Waals surface area contributed by atoms with Crippen molar-refractivity contribution in [2.45, 2.75) is 60.4 Å². The second kappa shape index (κ2) is 17.8. The van der Waals surface area contributed by atoms with E-state index in [-0.39, 0.29) is 17.4 Å². The van der Waals surface area contributed by atoms with Crippen molar-refractivity contribution in [2.75, 3.05) is 7.05 Å². The molecule has 34 heavy (non-hydrogen) atoms. The molecule has 3 unspecified atom stereocenters. The third-order valence-corrected chi connectivity index (χ3v) is 6.48. The molecule has 3 atom stereocenters. The van der Waals surface area contributed by atoms with Crippen LogP contribution in [0, 0.1) is 11.3 Å². The van der Waals surface area contributed by atoms with Crippen molar-refractivity contribution in [3.05, 3.63) is 103 Å². The summed E-state index contributed by atoms with van der Waals surface area (Å²) in [6.07, 6.45) is 19.8. The molecule has 4 heteroatoms. The molecule has 3 nitrogen and oxygen atoms in total. The Morgan fingerprint density at radius 3 is 2.65 bits per heavy atom. The molecule has 1 aliphatic heterocycles. The van der Waals surface area contributed by atoms with Crippen LogP contribution >= 0.6 is 11.8 Å². The molecule has 0 aromatic carbocycles. The van der Waals surface area contributed by atoms with E-state index in [2.05, 4.69) is 91.6 Å². The summed E-state index contributed by atoms with van der Waals surface area (Å²) in [7, 11) is 1.80. The first-order valence-corrected chi connectivity index (χ1v) is 12.8. The van der Waals surface area contributed by atoms with E-state index in [1.165, 1.54) is 5.57 Å². The monoisotopic (exact) mass is 479 g/mol. The van der Waals surface area contributed by atoms with Crippen molar-refractivity contribution in [1.82, 2.24) is 10.6 Å². The van der Waals surface area contributed by atoms with Gasteiger partial charge in [0.05, 0.1) is 0 Å². The summed E-state index contributed by atoms with van der Waals surface area (Å²) < 4.78 is 0. The number of nitrogens with one attached hydrogen (secondary N) is 2. The number of allylic oxidation sites excluding steroid dienone is 9. The summed E-state index contributed by atoms with van der Waals surface area (Å²) >= 11 is 1.57. The van der Waals surface area contributed by atoms with E-state index in [9.17, 15) is 0 Å². The van der Waals surface area contributed by atoms with Gasteiger partial charge in [0.15, 0.2) is 5.17 Å². The number of amidine groups is 1. The van der Waals surface area contributed by atoms with Crippen molar-refractivity contribution < 1.29 is 0 Å². The van der Waals surface area contributed by atoms with Crippen LogP contribution in [0.1, 0.15) is 54.4 Å².